The average Bonchev–Trinajstić information content (AvgIpc) is 2.69. The Bertz CT molecular complexity index is 878. The molecular weight excluding hydrogens is 508 g/mol. The van der Waals surface area contributed by atoms with Gasteiger partial charge in [0.1, 0.15) is 11.9 Å². The first-order chi connectivity index (χ1) is 13.9. The van der Waals surface area contributed by atoms with Crippen molar-refractivity contribution in [3.05, 3.63) is 56.5 Å². The summed E-state index contributed by atoms with van der Waals surface area (Å²) in [6, 6.07) is 11.6. The Morgan fingerprint density at radius 3 is 2.55 bits per heavy atom. The van der Waals surface area contributed by atoms with Crippen LogP contribution in [0.5, 0.6) is 5.75 Å². The minimum Gasteiger partial charge on any atom is -0.506 e. The molecule has 0 aliphatic rings. The number of halogens is 2. The molecule has 0 aliphatic heterocycles. The van der Waals surface area contributed by atoms with E-state index in [-0.39, 0.29) is 18.8 Å². The Morgan fingerprint density at radius 2 is 1.97 bits per heavy atom. The number of phenols is 1. The van der Waals surface area contributed by atoms with Crippen LogP contribution >= 0.6 is 31.9 Å². The van der Waals surface area contributed by atoms with Gasteiger partial charge in [0.15, 0.2) is 6.10 Å². The summed E-state index contributed by atoms with van der Waals surface area (Å²) in [6.45, 7) is 1.93. The molecule has 0 spiro atoms. The monoisotopic (exact) mass is 526 g/mol. The second-order valence-electron chi connectivity index (χ2n) is 5.97. The lowest BCUT2D eigenvalue weighted by Gasteiger charge is -2.28. The molecule has 0 heterocycles. The van der Waals surface area contributed by atoms with Gasteiger partial charge in [-0.15, -0.1) is 0 Å². The number of carbonyl (C=O) groups excluding carboxylic acids is 1. The van der Waals surface area contributed by atoms with Gasteiger partial charge in [0.05, 0.1) is 16.1 Å². The number of ether oxygens (including phenoxy) is 2. The van der Waals surface area contributed by atoms with E-state index < -0.39 is 18.3 Å². The number of amides is 1. The zero-order chi connectivity index (χ0) is 21.4. The number of aliphatic hydroxyl groups is 1. The number of nitriles is 1. The summed E-state index contributed by atoms with van der Waals surface area (Å²) in [5.41, 5.74) is 1.24. The van der Waals surface area contributed by atoms with Crippen LogP contribution in [-0.2, 0) is 9.47 Å². The fourth-order valence-corrected chi connectivity index (χ4v) is 3.95. The number of benzene rings is 2. The number of nitrogens with zero attached hydrogens (tertiary/aromatic N) is 1. The van der Waals surface area contributed by atoms with E-state index in [1.807, 2.05) is 6.07 Å². The molecule has 0 saturated heterocycles. The predicted octanol–water partition coefficient (Wildman–Crippen LogP) is 4.87. The van der Waals surface area contributed by atoms with Crippen molar-refractivity contribution in [2.45, 2.75) is 25.6 Å². The summed E-state index contributed by atoms with van der Waals surface area (Å²) in [5, 5.41) is 31.4. The number of aromatic hydroxyl groups is 1. The van der Waals surface area contributed by atoms with E-state index in [4.69, 9.17) is 14.7 Å². The Labute approximate surface area is 185 Å². The maximum Gasteiger partial charge on any atom is 0.412 e. The van der Waals surface area contributed by atoms with Crippen LogP contribution in [0.2, 0.25) is 0 Å². The van der Waals surface area contributed by atoms with E-state index in [1.54, 1.807) is 43.3 Å². The molecule has 2 atom stereocenters. The van der Waals surface area contributed by atoms with E-state index in [0.29, 0.717) is 32.4 Å². The van der Waals surface area contributed by atoms with Crippen molar-refractivity contribution in [1.82, 2.24) is 0 Å². The summed E-state index contributed by atoms with van der Waals surface area (Å²) in [4.78, 5) is 12.5. The molecule has 0 aliphatic carbocycles. The van der Waals surface area contributed by atoms with E-state index in [0.717, 1.165) is 0 Å². The topological polar surface area (TPSA) is 112 Å². The number of rotatable bonds is 8. The number of nitrogens with one attached hydrogen (secondary N) is 1. The van der Waals surface area contributed by atoms with Crippen molar-refractivity contribution in [3.63, 3.8) is 0 Å². The van der Waals surface area contributed by atoms with Crippen molar-refractivity contribution in [2.75, 3.05) is 18.5 Å². The van der Waals surface area contributed by atoms with Crippen molar-refractivity contribution >= 4 is 43.6 Å². The van der Waals surface area contributed by atoms with Gasteiger partial charge in [-0.1, -0.05) is 15.9 Å². The number of carbonyl (C=O) groups is 1. The molecule has 3 N–H and O–H groups in total. The van der Waals surface area contributed by atoms with Crippen LogP contribution in [-0.4, -0.2) is 35.6 Å². The Balaban J connectivity index is 2.31. The van der Waals surface area contributed by atoms with Gasteiger partial charge >= 0.3 is 6.09 Å². The Morgan fingerprint density at radius 1 is 1.28 bits per heavy atom. The molecule has 29 heavy (non-hydrogen) atoms. The summed E-state index contributed by atoms with van der Waals surface area (Å²) < 4.78 is 12.4. The van der Waals surface area contributed by atoms with Crippen molar-refractivity contribution in [1.29, 1.82) is 5.26 Å². The zero-order valence-corrected chi connectivity index (χ0v) is 18.7. The van der Waals surface area contributed by atoms with Crippen LogP contribution in [0.3, 0.4) is 0 Å². The summed E-state index contributed by atoms with van der Waals surface area (Å²) in [7, 11) is 0. The number of anilines is 1. The highest BCUT2D eigenvalue weighted by molar-refractivity contribution is 9.11. The highest BCUT2D eigenvalue weighted by atomic mass is 79.9. The smallest absolute Gasteiger partial charge is 0.412 e. The van der Waals surface area contributed by atoms with Gasteiger partial charge in [-0.3, -0.25) is 5.32 Å². The number of hydrogen-bond acceptors (Lipinski definition) is 6. The minimum absolute atomic E-state index is 0.0907. The largest absolute Gasteiger partial charge is 0.506 e. The quantitative estimate of drug-likeness (QED) is 0.451. The lowest BCUT2D eigenvalue weighted by Crippen LogP contribution is -2.30. The second kappa shape index (κ2) is 11.2. The molecule has 0 saturated carbocycles. The third-order valence-electron chi connectivity index (χ3n) is 3.99. The third-order valence-corrected chi connectivity index (χ3v) is 5.05. The van der Waals surface area contributed by atoms with Gasteiger partial charge < -0.3 is 19.7 Å². The van der Waals surface area contributed by atoms with Gasteiger partial charge in [0, 0.05) is 35.4 Å². The lowest BCUT2D eigenvalue weighted by molar-refractivity contribution is -0.0491. The van der Waals surface area contributed by atoms with Crippen molar-refractivity contribution in [2.24, 2.45) is 0 Å². The van der Waals surface area contributed by atoms with E-state index >= 15 is 0 Å². The molecule has 2 rings (SSSR count). The molecule has 7 nitrogen and oxygen atoms in total. The number of aliphatic hydroxyl groups excluding tert-OH is 1. The van der Waals surface area contributed by atoms with Gasteiger partial charge in [0.2, 0.25) is 0 Å². The predicted molar refractivity (Wildman–Crippen MR) is 115 cm³/mol. The fraction of sp³-hybridized carbons (Fsp3) is 0.300. The molecular formula is C20H20Br2N2O5. The molecule has 0 bridgehead atoms. The molecule has 1 amide bonds. The summed E-state index contributed by atoms with van der Waals surface area (Å²) in [6.07, 6.45) is -2.22. The summed E-state index contributed by atoms with van der Waals surface area (Å²) in [5.74, 6) is -0.0907. The SMILES string of the molecule is CCO[C@H](CCO)[C@H](OC(=O)Nc1ccc(C#N)cc1)c1cc(Br)cc(Br)c1O. The van der Waals surface area contributed by atoms with Gasteiger partial charge in [-0.25, -0.2) is 4.79 Å². The van der Waals surface area contributed by atoms with Gasteiger partial charge in [-0.2, -0.15) is 5.26 Å². The molecule has 0 fully saturated rings. The maximum atomic E-state index is 12.5. The normalized spacial score (nSPS) is 12.7. The minimum atomic E-state index is -0.978. The highest BCUT2D eigenvalue weighted by Gasteiger charge is 2.31. The standard InChI is InChI=1S/C20H20Br2N2O5/c1-2-28-17(7-8-25)19(15-9-13(21)10-16(22)18(15)26)29-20(27)24-14-5-3-12(11-23)4-6-14/h3-6,9-10,17,19,25-26H,2,7-8H2,1H3,(H,24,27)/t17-,19-/m1/s1. The summed E-state index contributed by atoms with van der Waals surface area (Å²) >= 11 is 6.64. The van der Waals surface area contributed by atoms with Crippen LogP contribution in [0.4, 0.5) is 10.5 Å². The van der Waals surface area contributed by atoms with Crippen LogP contribution in [0.25, 0.3) is 0 Å². The fourth-order valence-electron chi connectivity index (χ4n) is 2.70. The van der Waals surface area contributed by atoms with Crippen LogP contribution in [0.15, 0.2) is 45.3 Å². The third kappa shape index (κ3) is 6.44. The van der Waals surface area contributed by atoms with Crippen LogP contribution in [0, 0.1) is 11.3 Å². The molecule has 0 unspecified atom stereocenters. The zero-order valence-electron chi connectivity index (χ0n) is 15.6. The molecule has 9 heteroatoms. The van der Waals surface area contributed by atoms with Gasteiger partial charge in [0.25, 0.3) is 0 Å². The van der Waals surface area contributed by atoms with Gasteiger partial charge in [-0.05, 0) is 59.3 Å². The Hall–Kier alpha value is -2.12. The van der Waals surface area contributed by atoms with E-state index in [9.17, 15) is 15.0 Å². The molecule has 2 aromatic rings. The first-order valence-corrected chi connectivity index (χ1v) is 10.4. The highest BCUT2D eigenvalue weighted by Crippen LogP contribution is 2.39. The first kappa shape index (κ1) is 23.2. The van der Waals surface area contributed by atoms with Crippen LogP contribution < -0.4 is 5.32 Å². The molecule has 2 aromatic carbocycles. The lowest BCUT2D eigenvalue weighted by atomic mass is 10.0. The number of hydrogen-bond donors (Lipinski definition) is 3. The maximum absolute atomic E-state index is 12.5. The van der Waals surface area contributed by atoms with E-state index in [1.165, 1.54) is 0 Å². The molecule has 0 radical (unpaired) electrons. The van der Waals surface area contributed by atoms with Crippen molar-refractivity contribution < 1.29 is 24.5 Å². The van der Waals surface area contributed by atoms with E-state index in [2.05, 4.69) is 37.2 Å². The first-order valence-electron chi connectivity index (χ1n) is 8.77. The van der Waals surface area contributed by atoms with Crippen molar-refractivity contribution in [3.8, 4) is 11.8 Å². The Kier molecular flexibility index (Phi) is 8.92. The van der Waals surface area contributed by atoms with Crippen LogP contribution in [0.1, 0.15) is 30.6 Å². The number of phenolic OH excluding ortho intramolecular Hbond substituents is 1. The molecule has 0 aromatic heterocycles. The molecule has 154 valence electrons. The second-order valence-corrected chi connectivity index (χ2v) is 7.74. The average molecular weight is 528 g/mol.